The summed E-state index contributed by atoms with van der Waals surface area (Å²) in [5.74, 6) is 1.63. The first-order valence-corrected chi connectivity index (χ1v) is 12.9. The Hall–Kier alpha value is -3.22. The highest BCUT2D eigenvalue weighted by atomic mass is 35.5. The molecule has 1 aliphatic carbocycles. The van der Waals surface area contributed by atoms with Crippen LogP contribution in [-0.2, 0) is 11.3 Å². The standard InChI is InChI=1S/C28H26Cl2N4O2/c1-3-34-25-13-20(29)12-22(30)21(25)14-26(34)28(35)33-8-9-36-27-7-5-17(10-19(27)15-33)18-4-6-23-24(11-18)32-16(2)31-23/h4-7,10-14,21,25H,3,8-9,15H2,1-2H3,(H,31,32). The molecule has 0 bridgehead atoms. The highest BCUT2D eigenvalue weighted by Gasteiger charge is 2.40. The number of halogens is 2. The summed E-state index contributed by atoms with van der Waals surface area (Å²) < 4.78 is 6.03. The predicted molar refractivity (Wildman–Crippen MR) is 143 cm³/mol. The van der Waals surface area contributed by atoms with E-state index in [1.807, 2.05) is 43.0 Å². The van der Waals surface area contributed by atoms with Crippen molar-refractivity contribution in [2.75, 3.05) is 19.7 Å². The Balaban J connectivity index is 1.29. The van der Waals surface area contributed by atoms with E-state index >= 15 is 0 Å². The van der Waals surface area contributed by atoms with Gasteiger partial charge in [-0.2, -0.15) is 0 Å². The molecule has 0 saturated heterocycles. The molecule has 2 aliphatic heterocycles. The number of likely N-dealkylation sites (N-methyl/N-ethyl adjacent to an activating group) is 1. The zero-order chi connectivity index (χ0) is 25.0. The summed E-state index contributed by atoms with van der Waals surface area (Å²) in [6.45, 7) is 6.10. The van der Waals surface area contributed by atoms with Gasteiger partial charge in [0, 0.05) is 34.6 Å². The van der Waals surface area contributed by atoms with Crippen LogP contribution in [0.15, 0.2) is 70.4 Å². The second kappa shape index (κ2) is 9.02. The number of H-pyrrole nitrogens is 1. The van der Waals surface area contributed by atoms with Crippen LogP contribution >= 0.6 is 23.2 Å². The molecule has 3 heterocycles. The van der Waals surface area contributed by atoms with Crippen molar-refractivity contribution < 1.29 is 9.53 Å². The number of carbonyl (C=O) groups excluding carboxylic acids is 1. The molecule has 6 rings (SSSR count). The number of nitrogens with one attached hydrogen (secondary N) is 1. The minimum atomic E-state index is -0.0591. The number of amides is 1. The summed E-state index contributed by atoms with van der Waals surface area (Å²) in [6.07, 6.45) is 5.73. The molecule has 184 valence electrons. The van der Waals surface area contributed by atoms with Crippen LogP contribution in [0.1, 0.15) is 18.3 Å². The molecule has 3 aromatic rings. The summed E-state index contributed by atoms with van der Waals surface area (Å²) in [5, 5.41) is 1.27. The van der Waals surface area contributed by atoms with Crippen LogP contribution in [0.4, 0.5) is 0 Å². The van der Waals surface area contributed by atoms with Gasteiger partial charge in [-0.1, -0.05) is 35.3 Å². The molecule has 2 unspecified atom stereocenters. The number of aryl methyl sites for hydroxylation is 1. The number of rotatable bonds is 3. The molecule has 0 fully saturated rings. The van der Waals surface area contributed by atoms with Gasteiger partial charge in [-0.15, -0.1) is 0 Å². The second-order valence-electron chi connectivity index (χ2n) is 9.39. The first-order valence-electron chi connectivity index (χ1n) is 12.2. The smallest absolute Gasteiger partial charge is 0.270 e. The third kappa shape index (κ3) is 3.98. The Morgan fingerprint density at radius 1 is 1.17 bits per heavy atom. The van der Waals surface area contributed by atoms with Crippen LogP contribution in [0.2, 0.25) is 0 Å². The van der Waals surface area contributed by atoms with Crippen LogP contribution in [0, 0.1) is 12.8 Å². The molecule has 0 saturated carbocycles. The third-order valence-corrected chi connectivity index (χ3v) is 7.72. The van der Waals surface area contributed by atoms with Crippen molar-refractivity contribution in [2.24, 2.45) is 5.92 Å². The van der Waals surface area contributed by atoms with Gasteiger partial charge in [0.15, 0.2) is 0 Å². The molecule has 8 heteroatoms. The Kier molecular flexibility index (Phi) is 5.81. The molecule has 3 aliphatic rings. The lowest BCUT2D eigenvalue weighted by molar-refractivity contribution is -0.129. The number of allylic oxidation sites excluding steroid dienone is 2. The fourth-order valence-electron chi connectivity index (χ4n) is 5.40. The monoisotopic (exact) mass is 520 g/mol. The minimum absolute atomic E-state index is 0.0172. The van der Waals surface area contributed by atoms with Gasteiger partial charge in [-0.05, 0) is 67.5 Å². The summed E-state index contributed by atoms with van der Waals surface area (Å²) in [6, 6.07) is 12.4. The molecule has 36 heavy (non-hydrogen) atoms. The number of ether oxygens (including phenoxy) is 1. The quantitative estimate of drug-likeness (QED) is 0.479. The number of hydrogen-bond donors (Lipinski definition) is 1. The first kappa shape index (κ1) is 23.2. The van der Waals surface area contributed by atoms with Crippen molar-refractivity contribution in [1.82, 2.24) is 19.8 Å². The van der Waals surface area contributed by atoms with Crippen LogP contribution < -0.4 is 4.74 Å². The predicted octanol–water partition coefficient (Wildman–Crippen LogP) is 5.72. The van der Waals surface area contributed by atoms with Crippen molar-refractivity contribution in [3.63, 3.8) is 0 Å². The van der Waals surface area contributed by atoms with Crippen molar-refractivity contribution in [2.45, 2.75) is 26.4 Å². The SMILES string of the molecule is CCN1C(C(=O)N2CCOc3ccc(-c4ccc5nc(C)[nH]c5c4)cc3C2)=CC2C(Cl)=CC(Cl)=CC21. The van der Waals surface area contributed by atoms with E-state index in [1.165, 1.54) is 0 Å². The van der Waals surface area contributed by atoms with E-state index in [0.29, 0.717) is 42.0 Å². The van der Waals surface area contributed by atoms with Gasteiger partial charge >= 0.3 is 0 Å². The van der Waals surface area contributed by atoms with E-state index in [4.69, 9.17) is 27.9 Å². The van der Waals surface area contributed by atoms with Crippen molar-refractivity contribution >= 4 is 40.1 Å². The minimum Gasteiger partial charge on any atom is -0.491 e. The maximum atomic E-state index is 13.8. The Labute approximate surface area is 219 Å². The normalized spacial score (nSPS) is 21.3. The van der Waals surface area contributed by atoms with E-state index in [0.717, 1.165) is 39.3 Å². The molecule has 2 atom stereocenters. The van der Waals surface area contributed by atoms with E-state index < -0.39 is 0 Å². The van der Waals surface area contributed by atoms with Gasteiger partial charge in [0.05, 0.1) is 29.3 Å². The zero-order valence-electron chi connectivity index (χ0n) is 20.1. The number of imidazole rings is 1. The van der Waals surface area contributed by atoms with Crippen molar-refractivity contribution in [3.05, 3.63) is 81.8 Å². The lowest BCUT2D eigenvalue weighted by Gasteiger charge is -2.32. The van der Waals surface area contributed by atoms with E-state index in [-0.39, 0.29) is 17.9 Å². The van der Waals surface area contributed by atoms with Crippen LogP contribution in [-0.4, -0.2) is 51.4 Å². The fraction of sp³-hybridized carbons (Fsp3) is 0.286. The second-order valence-corrected chi connectivity index (χ2v) is 10.3. The first-order chi connectivity index (χ1) is 17.4. The third-order valence-electron chi connectivity index (χ3n) is 7.12. The molecule has 1 aromatic heterocycles. The van der Waals surface area contributed by atoms with Crippen molar-refractivity contribution in [1.29, 1.82) is 0 Å². The van der Waals surface area contributed by atoms with Crippen molar-refractivity contribution in [3.8, 4) is 16.9 Å². The topological polar surface area (TPSA) is 61.5 Å². The molecular formula is C28H26Cl2N4O2. The molecule has 2 aromatic carbocycles. The lowest BCUT2D eigenvalue weighted by Crippen LogP contribution is -2.41. The molecule has 1 amide bonds. The van der Waals surface area contributed by atoms with Gasteiger partial charge < -0.3 is 19.5 Å². The molecule has 0 spiro atoms. The number of carbonyl (C=O) groups is 1. The lowest BCUT2D eigenvalue weighted by atomic mass is 9.96. The van der Waals surface area contributed by atoms with Crippen LogP contribution in [0.5, 0.6) is 5.75 Å². The molecule has 0 radical (unpaired) electrons. The summed E-state index contributed by atoms with van der Waals surface area (Å²) in [4.78, 5) is 25.6. The number of benzene rings is 2. The number of aromatic nitrogens is 2. The number of nitrogens with zero attached hydrogens (tertiary/aromatic N) is 3. The fourth-order valence-corrected chi connectivity index (χ4v) is 6.01. The highest BCUT2D eigenvalue weighted by molar-refractivity contribution is 6.35. The van der Waals surface area contributed by atoms with Gasteiger partial charge in [0.2, 0.25) is 0 Å². The highest BCUT2D eigenvalue weighted by Crippen LogP contribution is 2.40. The van der Waals surface area contributed by atoms with E-state index in [9.17, 15) is 4.79 Å². The summed E-state index contributed by atoms with van der Waals surface area (Å²) >= 11 is 12.8. The van der Waals surface area contributed by atoms with E-state index in [2.05, 4.69) is 39.1 Å². The van der Waals surface area contributed by atoms with Gasteiger partial charge in [0.25, 0.3) is 5.91 Å². The summed E-state index contributed by atoms with van der Waals surface area (Å²) in [7, 11) is 0. The Morgan fingerprint density at radius 2 is 1.97 bits per heavy atom. The maximum absolute atomic E-state index is 13.8. The molecular weight excluding hydrogens is 495 g/mol. The zero-order valence-corrected chi connectivity index (χ0v) is 21.6. The number of fused-ring (bicyclic) bond motifs is 3. The Morgan fingerprint density at radius 3 is 2.81 bits per heavy atom. The van der Waals surface area contributed by atoms with Gasteiger partial charge in [-0.3, -0.25) is 4.79 Å². The largest absolute Gasteiger partial charge is 0.491 e. The van der Waals surface area contributed by atoms with Gasteiger partial charge in [-0.25, -0.2) is 4.98 Å². The maximum Gasteiger partial charge on any atom is 0.270 e. The molecule has 6 nitrogen and oxygen atoms in total. The molecule has 1 N–H and O–H groups in total. The average molecular weight is 521 g/mol. The van der Waals surface area contributed by atoms with Gasteiger partial charge in [0.1, 0.15) is 18.2 Å². The summed E-state index contributed by atoms with van der Waals surface area (Å²) in [5.41, 5.74) is 5.76. The Bertz CT molecular complexity index is 1470. The van der Waals surface area contributed by atoms with E-state index in [1.54, 1.807) is 6.08 Å². The number of aromatic amines is 1. The van der Waals surface area contributed by atoms with Crippen LogP contribution in [0.25, 0.3) is 22.2 Å². The van der Waals surface area contributed by atoms with Crippen LogP contribution in [0.3, 0.4) is 0 Å². The average Bonchev–Trinajstić information content (AvgIpc) is 3.34. The number of hydrogen-bond acceptors (Lipinski definition) is 4.